The number of carbonyl (C=O) groups excluding carboxylic acids is 2. The Labute approximate surface area is 245 Å². The van der Waals surface area contributed by atoms with Crippen LogP contribution in [0.2, 0.25) is 0 Å². The molecule has 2 atom stereocenters. The maximum Gasteiger partial charge on any atom is 0.348 e. The number of thiophene rings is 1. The average Bonchev–Trinajstić information content (AvgIpc) is 3.63. The van der Waals surface area contributed by atoms with Crippen molar-refractivity contribution in [2.45, 2.75) is 111 Å². The van der Waals surface area contributed by atoms with Crippen LogP contribution in [0.1, 0.15) is 118 Å². The second kappa shape index (κ2) is 21.5. The first-order valence-corrected chi connectivity index (χ1v) is 15.8. The Balaban J connectivity index is 0.000000377. The van der Waals surface area contributed by atoms with Gasteiger partial charge in [0.1, 0.15) is 11.5 Å². The largest absolute Gasteiger partial charge is 0.459 e. The van der Waals surface area contributed by atoms with E-state index >= 15 is 0 Å². The Morgan fingerprint density at radius 3 is 2.27 bits per heavy atom. The number of unbranched alkanes of at least 4 members (excludes halogenated alkanes) is 3. The molecule has 1 unspecified atom stereocenters. The number of aryl methyl sites for hydroxylation is 1. The van der Waals surface area contributed by atoms with E-state index in [1.54, 1.807) is 6.07 Å². The van der Waals surface area contributed by atoms with Crippen molar-refractivity contribution in [3.63, 3.8) is 0 Å². The van der Waals surface area contributed by atoms with Crippen LogP contribution in [0.15, 0.2) is 36.4 Å². The van der Waals surface area contributed by atoms with E-state index in [2.05, 4.69) is 13.8 Å². The second-order valence-corrected chi connectivity index (χ2v) is 10.9. The van der Waals surface area contributed by atoms with Gasteiger partial charge in [-0.2, -0.15) is 0 Å². The highest BCUT2D eigenvalue weighted by atomic mass is 32.1. The molecule has 1 aliphatic rings. The topological polar surface area (TPSA) is 107 Å². The minimum Gasteiger partial charge on any atom is -0.459 e. The summed E-state index contributed by atoms with van der Waals surface area (Å²) in [5.41, 5.74) is 1.90. The number of ether oxygens (including phenoxy) is 1. The van der Waals surface area contributed by atoms with E-state index in [0.717, 1.165) is 62.7 Å². The van der Waals surface area contributed by atoms with Crippen LogP contribution >= 0.6 is 11.3 Å². The molecule has 226 valence electrons. The van der Waals surface area contributed by atoms with Crippen LogP contribution in [0.5, 0.6) is 0 Å². The van der Waals surface area contributed by atoms with Gasteiger partial charge in [-0.1, -0.05) is 65.5 Å². The molecule has 8 heteroatoms. The molecular formula is C32H51NO6S. The monoisotopic (exact) mass is 577 g/mol. The standard InChI is InChI=1S/C16H23NO2.C14H22O4S.C2H6/c1-2-3-4-6-15(18)13-8-10-14(11-9-13)17-12-5-7-16(17)19;1-2-5-12-7-8-13(19-12)14(17)18-10-11(16)6-3-4-9-15;1-2/h8-11,15,18H,2-7,12H2,1H3;7-8,11,15-16H,2-6,9-10H2,1H3;1-2H3/t15-;;/m0../s1. The smallest absolute Gasteiger partial charge is 0.348 e. The highest BCUT2D eigenvalue weighted by molar-refractivity contribution is 7.13. The van der Waals surface area contributed by atoms with Gasteiger partial charge in [-0.05, 0) is 68.4 Å². The SMILES string of the molecule is CC.CCCCC[C@H](O)c1ccc(N2CCCC2=O)cc1.CCCc1ccc(C(=O)OCC(O)CCCCO)s1. The summed E-state index contributed by atoms with van der Waals surface area (Å²) >= 11 is 1.45. The van der Waals surface area contributed by atoms with E-state index < -0.39 is 6.10 Å². The number of carbonyl (C=O) groups is 2. The molecule has 7 nitrogen and oxygen atoms in total. The van der Waals surface area contributed by atoms with Gasteiger partial charge in [0.05, 0.1) is 12.2 Å². The molecule has 1 aromatic heterocycles. The number of aliphatic hydroxyl groups excluding tert-OH is 3. The lowest BCUT2D eigenvalue weighted by atomic mass is 10.0. The van der Waals surface area contributed by atoms with Gasteiger partial charge in [0.15, 0.2) is 0 Å². The summed E-state index contributed by atoms with van der Waals surface area (Å²) in [5.74, 6) is -0.162. The van der Waals surface area contributed by atoms with Crippen molar-refractivity contribution in [3.8, 4) is 0 Å². The van der Waals surface area contributed by atoms with Gasteiger partial charge in [-0.3, -0.25) is 4.79 Å². The summed E-state index contributed by atoms with van der Waals surface area (Å²) in [5, 5.41) is 28.3. The maximum atomic E-state index is 11.7. The molecule has 0 radical (unpaired) electrons. The number of anilines is 1. The summed E-state index contributed by atoms with van der Waals surface area (Å²) in [6.07, 6.45) is 8.74. The van der Waals surface area contributed by atoms with Crippen LogP contribution in [0.4, 0.5) is 5.69 Å². The minimum atomic E-state index is -0.648. The lowest BCUT2D eigenvalue weighted by Crippen LogP contribution is -2.23. The number of benzene rings is 1. The molecule has 0 spiro atoms. The second-order valence-electron chi connectivity index (χ2n) is 9.74. The Hall–Kier alpha value is -2.26. The zero-order chi connectivity index (χ0) is 29.8. The number of esters is 1. The molecule has 2 heterocycles. The first-order chi connectivity index (χ1) is 19.4. The Bertz CT molecular complexity index is 945. The van der Waals surface area contributed by atoms with Crippen molar-refractivity contribution in [1.29, 1.82) is 0 Å². The van der Waals surface area contributed by atoms with Gasteiger partial charge in [-0.15, -0.1) is 11.3 Å². The van der Waals surface area contributed by atoms with Crippen molar-refractivity contribution in [2.75, 3.05) is 24.7 Å². The molecule has 2 aromatic rings. The third-order valence-electron chi connectivity index (χ3n) is 6.46. The van der Waals surface area contributed by atoms with E-state index in [4.69, 9.17) is 9.84 Å². The van der Waals surface area contributed by atoms with Crippen LogP contribution in [0.3, 0.4) is 0 Å². The van der Waals surface area contributed by atoms with Crippen molar-refractivity contribution in [1.82, 2.24) is 0 Å². The number of amides is 1. The highest BCUT2D eigenvalue weighted by Crippen LogP contribution is 2.25. The predicted octanol–water partition coefficient (Wildman–Crippen LogP) is 6.83. The number of hydrogen-bond acceptors (Lipinski definition) is 7. The third kappa shape index (κ3) is 13.4. The Kier molecular flexibility index (Phi) is 19.2. The molecule has 1 fully saturated rings. The van der Waals surface area contributed by atoms with Crippen LogP contribution in [0.25, 0.3) is 0 Å². The van der Waals surface area contributed by atoms with Gasteiger partial charge >= 0.3 is 5.97 Å². The van der Waals surface area contributed by atoms with Gasteiger partial charge in [-0.25, -0.2) is 4.79 Å². The normalized spacial score (nSPS) is 14.1. The van der Waals surface area contributed by atoms with E-state index in [0.29, 0.717) is 24.1 Å². The van der Waals surface area contributed by atoms with Crippen LogP contribution in [-0.2, 0) is 16.0 Å². The molecule has 0 saturated carbocycles. The number of nitrogens with zero attached hydrogens (tertiary/aromatic N) is 1. The maximum absolute atomic E-state index is 11.7. The summed E-state index contributed by atoms with van der Waals surface area (Å²) in [7, 11) is 0. The summed E-state index contributed by atoms with van der Waals surface area (Å²) in [6.45, 7) is 9.22. The zero-order valence-electron chi connectivity index (χ0n) is 24.9. The highest BCUT2D eigenvalue weighted by Gasteiger charge is 2.21. The average molecular weight is 578 g/mol. The Morgan fingerprint density at radius 1 is 0.975 bits per heavy atom. The Morgan fingerprint density at radius 2 is 1.68 bits per heavy atom. The molecular weight excluding hydrogens is 526 g/mol. The first-order valence-electron chi connectivity index (χ1n) is 15.0. The molecule has 1 amide bonds. The molecule has 1 aromatic carbocycles. The lowest BCUT2D eigenvalue weighted by Gasteiger charge is -2.17. The number of rotatable bonds is 15. The zero-order valence-corrected chi connectivity index (χ0v) is 25.8. The third-order valence-corrected chi connectivity index (χ3v) is 7.58. The predicted molar refractivity (Wildman–Crippen MR) is 164 cm³/mol. The van der Waals surface area contributed by atoms with Crippen LogP contribution in [0, 0.1) is 0 Å². The van der Waals surface area contributed by atoms with Crippen molar-refractivity contribution < 1.29 is 29.6 Å². The fourth-order valence-electron chi connectivity index (χ4n) is 4.24. The van der Waals surface area contributed by atoms with Gasteiger partial charge in [0, 0.05) is 30.1 Å². The summed E-state index contributed by atoms with van der Waals surface area (Å²) in [4.78, 5) is 27.0. The fraction of sp³-hybridized carbons (Fsp3) is 0.625. The van der Waals surface area contributed by atoms with E-state index in [1.165, 1.54) is 22.6 Å². The molecule has 3 rings (SSSR count). The molecule has 0 aliphatic carbocycles. The fourth-order valence-corrected chi connectivity index (χ4v) is 5.24. The number of aliphatic hydroxyl groups is 3. The van der Waals surface area contributed by atoms with E-state index in [9.17, 15) is 19.8 Å². The summed E-state index contributed by atoms with van der Waals surface area (Å²) in [6, 6.07) is 11.5. The van der Waals surface area contributed by atoms with Gasteiger partial charge in [0.2, 0.25) is 5.91 Å². The minimum absolute atomic E-state index is 0.0191. The molecule has 0 bridgehead atoms. The van der Waals surface area contributed by atoms with Gasteiger partial charge < -0.3 is 25.0 Å². The van der Waals surface area contributed by atoms with E-state index in [1.807, 2.05) is 49.1 Å². The first kappa shape index (κ1) is 35.8. The summed E-state index contributed by atoms with van der Waals surface area (Å²) < 4.78 is 5.07. The molecule has 3 N–H and O–H groups in total. The van der Waals surface area contributed by atoms with Crippen LogP contribution < -0.4 is 4.90 Å². The quantitative estimate of drug-likeness (QED) is 0.158. The van der Waals surface area contributed by atoms with Crippen molar-refractivity contribution >= 4 is 28.9 Å². The van der Waals surface area contributed by atoms with Gasteiger partial charge in [0.25, 0.3) is 0 Å². The van der Waals surface area contributed by atoms with Crippen molar-refractivity contribution in [2.24, 2.45) is 0 Å². The lowest BCUT2D eigenvalue weighted by molar-refractivity contribution is -0.117. The molecule has 40 heavy (non-hydrogen) atoms. The molecule has 1 aliphatic heterocycles. The van der Waals surface area contributed by atoms with Crippen molar-refractivity contribution in [3.05, 3.63) is 51.7 Å². The van der Waals surface area contributed by atoms with E-state index in [-0.39, 0.29) is 31.2 Å². The van der Waals surface area contributed by atoms with Crippen LogP contribution in [-0.4, -0.2) is 53.1 Å². The molecule has 1 saturated heterocycles. The number of hydrogen-bond donors (Lipinski definition) is 3.